The van der Waals surface area contributed by atoms with Gasteiger partial charge >= 0.3 is 0 Å². The first kappa shape index (κ1) is 17.4. The molecule has 1 amide bonds. The van der Waals surface area contributed by atoms with Crippen LogP contribution >= 0.6 is 0 Å². The van der Waals surface area contributed by atoms with Gasteiger partial charge in [-0.15, -0.1) is 10.2 Å². The molecule has 0 aliphatic carbocycles. The standard InChI is InChI=1S/C20H21N5O2/c1-12-4-5-22-10-16(12)14-7-15-9-18(24-25-19(15)17(21)8-14)23-20(26)13-3-2-6-27-11-13/h4-5,7-10,13H,2-3,6,11,21H2,1H3,(H,23,24,26). The van der Waals surface area contributed by atoms with E-state index in [-0.39, 0.29) is 11.8 Å². The summed E-state index contributed by atoms with van der Waals surface area (Å²) in [7, 11) is 0. The van der Waals surface area contributed by atoms with Gasteiger partial charge in [0.15, 0.2) is 5.82 Å². The number of pyridine rings is 1. The number of aryl methyl sites for hydroxylation is 1. The molecule has 1 unspecified atom stereocenters. The molecule has 27 heavy (non-hydrogen) atoms. The normalized spacial score (nSPS) is 17.0. The van der Waals surface area contributed by atoms with Crippen molar-refractivity contribution in [2.75, 3.05) is 24.3 Å². The smallest absolute Gasteiger partial charge is 0.231 e. The van der Waals surface area contributed by atoms with Gasteiger partial charge in [-0.2, -0.15) is 0 Å². The lowest BCUT2D eigenvalue weighted by molar-refractivity contribution is -0.123. The second-order valence-electron chi connectivity index (χ2n) is 6.83. The minimum atomic E-state index is -0.148. The van der Waals surface area contributed by atoms with E-state index in [0.717, 1.165) is 41.5 Å². The zero-order chi connectivity index (χ0) is 18.8. The third-order valence-electron chi connectivity index (χ3n) is 4.85. The summed E-state index contributed by atoms with van der Waals surface area (Å²) in [5.74, 6) is 0.179. The van der Waals surface area contributed by atoms with Gasteiger partial charge in [0, 0.05) is 30.0 Å². The van der Waals surface area contributed by atoms with Gasteiger partial charge in [0.25, 0.3) is 0 Å². The Labute approximate surface area is 157 Å². The molecule has 0 bridgehead atoms. The van der Waals surface area contributed by atoms with Crippen LogP contribution in [0.4, 0.5) is 11.5 Å². The number of benzene rings is 1. The highest BCUT2D eigenvalue weighted by Crippen LogP contribution is 2.30. The van der Waals surface area contributed by atoms with E-state index in [0.29, 0.717) is 23.6 Å². The van der Waals surface area contributed by atoms with Crippen LogP contribution < -0.4 is 11.1 Å². The van der Waals surface area contributed by atoms with Crippen molar-refractivity contribution < 1.29 is 9.53 Å². The van der Waals surface area contributed by atoms with Crippen molar-refractivity contribution in [3.63, 3.8) is 0 Å². The van der Waals surface area contributed by atoms with Gasteiger partial charge in [0.1, 0.15) is 5.52 Å². The van der Waals surface area contributed by atoms with Crippen LogP contribution in [0.5, 0.6) is 0 Å². The van der Waals surface area contributed by atoms with E-state index >= 15 is 0 Å². The van der Waals surface area contributed by atoms with Crippen LogP contribution in [0.1, 0.15) is 18.4 Å². The summed E-state index contributed by atoms with van der Waals surface area (Å²) in [6.07, 6.45) is 5.30. The first-order chi connectivity index (χ1) is 13.1. The van der Waals surface area contributed by atoms with Gasteiger partial charge in [-0.05, 0) is 55.2 Å². The van der Waals surface area contributed by atoms with E-state index in [1.165, 1.54) is 0 Å². The van der Waals surface area contributed by atoms with Crippen molar-refractivity contribution >= 4 is 28.3 Å². The third kappa shape index (κ3) is 3.59. The fraction of sp³-hybridized carbons (Fsp3) is 0.300. The summed E-state index contributed by atoms with van der Waals surface area (Å²) < 4.78 is 5.38. The number of nitrogens with zero attached hydrogens (tertiary/aromatic N) is 3. The minimum absolute atomic E-state index is 0.0874. The Morgan fingerprint density at radius 3 is 2.96 bits per heavy atom. The number of fused-ring (bicyclic) bond motifs is 1. The van der Waals surface area contributed by atoms with Gasteiger partial charge in [0.05, 0.1) is 18.2 Å². The number of nitrogen functional groups attached to an aromatic ring is 1. The highest BCUT2D eigenvalue weighted by Gasteiger charge is 2.22. The van der Waals surface area contributed by atoms with Gasteiger partial charge in [-0.25, -0.2) is 0 Å². The van der Waals surface area contributed by atoms with Gasteiger partial charge in [0.2, 0.25) is 5.91 Å². The fourth-order valence-corrected chi connectivity index (χ4v) is 3.34. The number of carbonyl (C=O) groups is 1. The topological polar surface area (TPSA) is 103 Å². The Morgan fingerprint density at radius 2 is 2.19 bits per heavy atom. The molecule has 0 saturated carbocycles. The Balaban J connectivity index is 1.66. The molecule has 3 heterocycles. The van der Waals surface area contributed by atoms with Crippen LogP contribution in [0, 0.1) is 12.8 Å². The maximum atomic E-state index is 12.4. The van der Waals surface area contributed by atoms with Crippen LogP contribution in [0.25, 0.3) is 22.0 Å². The zero-order valence-electron chi connectivity index (χ0n) is 15.1. The molecule has 7 heteroatoms. The van der Waals surface area contributed by atoms with Gasteiger partial charge in [-0.1, -0.05) is 0 Å². The first-order valence-corrected chi connectivity index (χ1v) is 8.98. The Hall–Kier alpha value is -3.06. The second kappa shape index (κ2) is 7.28. The summed E-state index contributed by atoms with van der Waals surface area (Å²) in [5.41, 5.74) is 10.4. The Kier molecular flexibility index (Phi) is 4.68. The summed E-state index contributed by atoms with van der Waals surface area (Å²) in [4.78, 5) is 16.6. The monoisotopic (exact) mass is 363 g/mol. The highest BCUT2D eigenvalue weighted by molar-refractivity contribution is 5.97. The van der Waals surface area contributed by atoms with Crippen LogP contribution in [0.15, 0.2) is 36.7 Å². The number of carbonyl (C=O) groups excluding carboxylic acids is 1. The van der Waals surface area contributed by atoms with E-state index < -0.39 is 0 Å². The molecule has 0 radical (unpaired) electrons. The molecule has 138 valence electrons. The number of amides is 1. The van der Waals surface area contributed by atoms with Crippen molar-refractivity contribution in [1.82, 2.24) is 15.2 Å². The van der Waals surface area contributed by atoms with Gasteiger partial charge in [-0.3, -0.25) is 9.78 Å². The van der Waals surface area contributed by atoms with E-state index in [9.17, 15) is 4.79 Å². The Morgan fingerprint density at radius 1 is 1.30 bits per heavy atom. The molecule has 1 fully saturated rings. The summed E-state index contributed by atoms with van der Waals surface area (Å²) >= 11 is 0. The third-order valence-corrected chi connectivity index (χ3v) is 4.85. The number of rotatable bonds is 3. The minimum Gasteiger partial charge on any atom is -0.397 e. The van der Waals surface area contributed by atoms with Crippen LogP contribution in [0.2, 0.25) is 0 Å². The molecule has 1 saturated heterocycles. The molecule has 1 atom stereocenters. The van der Waals surface area contributed by atoms with Crippen molar-refractivity contribution in [2.45, 2.75) is 19.8 Å². The number of nitrogens with one attached hydrogen (secondary N) is 1. The predicted molar refractivity (Wildman–Crippen MR) is 104 cm³/mol. The Bertz CT molecular complexity index is 999. The molecule has 3 aromatic rings. The van der Waals surface area contributed by atoms with Crippen LogP contribution in [-0.4, -0.2) is 34.3 Å². The maximum absolute atomic E-state index is 12.4. The number of nitrogens with two attached hydrogens (primary N) is 1. The van der Waals surface area contributed by atoms with E-state index in [1.807, 2.05) is 31.3 Å². The molecule has 4 rings (SSSR count). The number of ether oxygens (including phenoxy) is 1. The van der Waals surface area contributed by atoms with Crippen molar-refractivity contribution in [2.24, 2.45) is 5.92 Å². The lowest BCUT2D eigenvalue weighted by Gasteiger charge is -2.20. The highest BCUT2D eigenvalue weighted by atomic mass is 16.5. The van der Waals surface area contributed by atoms with Crippen LogP contribution in [-0.2, 0) is 9.53 Å². The van der Waals surface area contributed by atoms with Crippen molar-refractivity contribution in [3.8, 4) is 11.1 Å². The number of aromatic nitrogens is 3. The number of anilines is 2. The number of hydrogen-bond donors (Lipinski definition) is 2. The van der Waals surface area contributed by atoms with E-state index in [2.05, 4.69) is 20.5 Å². The quantitative estimate of drug-likeness (QED) is 0.694. The largest absolute Gasteiger partial charge is 0.397 e. The van der Waals surface area contributed by atoms with E-state index in [1.54, 1.807) is 12.3 Å². The maximum Gasteiger partial charge on any atom is 0.231 e. The lowest BCUT2D eigenvalue weighted by atomic mass is 10.00. The molecule has 1 aliphatic rings. The molecule has 1 aliphatic heterocycles. The van der Waals surface area contributed by atoms with Crippen molar-refractivity contribution in [1.29, 1.82) is 0 Å². The lowest BCUT2D eigenvalue weighted by Crippen LogP contribution is -2.30. The average Bonchev–Trinajstić information content (AvgIpc) is 2.68. The summed E-state index contributed by atoms with van der Waals surface area (Å²) in [5, 5.41) is 12.0. The molecule has 2 aromatic heterocycles. The average molecular weight is 363 g/mol. The molecule has 1 aromatic carbocycles. The fourth-order valence-electron chi connectivity index (χ4n) is 3.34. The zero-order valence-corrected chi connectivity index (χ0v) is 15.1. The molecular formula is C20H21N5O2. The number of hydrogen-bond acceptors (Lipinski definition) is 6. The first-order valence-electron chi connectivity index (χ1n) is 8.98. The molecule has 0 spiro atoms. The molecular weight excluding hydrogens is 342 g/mol. The van der Waals surface area contributed by atoms with Gasteiger partial charge < -0.3 is 15.8 Å². The summed E-state index contributed by atoms with van der Waals surface area (Å²) in [6.45, 7) is 3.19. The van der Waals surface area contributed by atoms with Crippen molar-refractivity contribution in [3.05, 3.63) is 42.2 Å². The molecule has 3 N–H and O–H groups in total. The van der Waals surface area contributed by atoms with Crippen LogP contribution in [0.3, 0.4) is 0 Å². The second-order valence-corrected chi connectivity index (χ2v) is 6.83. The SMILES string of the molecule is Cc1ccncc1-c1cc(N)c2nnc(NC(=O)C3CCCOC3)cc2c1. The van der Waals surface area contributed by atoms with E-state index in [4.69, 9.17) is 10.5 Å². The summed E-state index contributed by atoms with van der Waals surface area (Å²) in [6, 6.07) is 7.62. The molecule has 7 nitrogen and oxygen atoms in total. The predicted octanol–water partition coefficient (Wildman–Crippen LogP) is 2.95.